The Kier molecular flexibility index (Phi) is 3.76. The molecule has 0 aromatic heterocycles. The summed E-state index contributed by atoms with van der Waals surface area (Å²) in [6, 6.07) is 0.114. The first-order valence-electron chi connectivity index (χ1n) is 5.13. The van der Waals surface area contributed by atoms with Gasteiger partial charge in [0.05, 0.1) is 11.9 Å². The molecule has 0 spiro atoms. The van der Waals surface area contributed by atoms with Crippen molar-refractivity contribution < 1.29 is 13.5 Å². The zero-order chi connectivity index (χ0) is 11.7. The normalized spacial score (nSPS) is 37.9. The molecule has 0 aliphatic carbocycles. The molecule has 1 rings (SSSR count). The van der Waals surface area contributed by atoms with Gasteiger partial charge in [0.15, 0.2) is 0 Å². The fourth-order valence-electron chi connectivity index (χ4n) is 2.06. The van der Waals surface area contributed by atoms with Crippen LogP contribution in [0.15, 0.2) is 0 Å². The topological polar surface area (TPSA) is 78.4 Å². The molecule has 1 saturated heterocycles. The van der Waals surface area contributed by atoms with Crippen LogP contribution in [0.3, 0.4) is 0 Å². The van der Waals surface area contributed by atoms with Crippen LogP contribution in [0.5, 0.6) is 0 Å². The molecule has 90 valence electrons. The molecule has 3 atom stereocenters. The van der Waals surface area contributed by atoms with Gasteiger partial charge in [-0.25, -0.2) is 13.1 Å². The van der Waals surface area contributed by atoms with Gasteiger partial charge in [-0.2, -0.15) is 0 Å². The summed E-state index contributed by atoms with van der Waals surface area (Å²) >= 11 is 0. The summed E-state index contributed by atoms with van der Waals surface area (Å²) < 4.78 is 24.4. The molecule has 5 nitrogen and oxygen atoms in total. The Bertz CT molecular complexity index is 313. The van der Waals surface area contributed by atoms with Gasteiger partial charge in [0.25, 0.3) is 0 Å². The molecule has 3 N–H and O–H groups in total. The second-order valence-electron chi connectivity index (χ2n) is 4.58. The summed E-state index contributed by atoms with van der Waals surface area (Å²) in [6.07, 6.45) is 1.77. The van der Waals surface area contributed by atoms with E-state index in [1.54, 1.807) is 6.92 Å². The number of hydrogen-bond donors (Lipinski definition) is 3. The van der Waals surface area contributed by atoms with Crippen molar-refractivity contribution in [3.63, 3.8) is 0 Å². The Labute approximate surface area is 91.3 Å². The van der Waals surface area contributed by atoms with Gasteiger partial charge in [0.2, 0.25) is 10.0 Å². The van der Waals surface area contributed by atoms with E-state index in [1.807, 2.05) is 6.92 Å². The van der Waals surface area contributed by atoms with Gasteiger partial charge in [-0.1, -0.05) is 0 Å². The summed E-state index contributed by atoms with van der Waals surface area (Å²) in [7, 11) is -3.19. The van der Waals surface area contributed by atoms with Gasteiger partial charge in [0.1, 0.15) is 0 Å². The quantitative estimate of drug-likeness (QED) is 0.604. The van der Waals surface area contributed by atoms with Crippen molar-refractivity contribution in [2.24, 2.45) is 5.92 Å². The minimum Gasteiger partial charge on any atom is -0.390 e. The van der Waals surface area contributed by atoms with Crippen LogP contribution in [-0.2, 0) is 10.0 Å². The molecule has 1 aliphatic rings. The highest BCUT2D eigenvalue weighted by Gasteiger charge is 2.38. The monoisotopic (exact) mass is 236 g/mol. The summed E-state index contributed by atoms with van der Waals surface area (Å²) in [5, 5.41) is 13.4. The van der Waals surface area contributed by atoms with Crippen molar-refractivity contribution in [1.29, 1.82) is 0 Å². The van der Waals surface area contributed by atoms with Gasteiger partial charge in [-0.15, -0.1) is 0 Å². The maximum atomic E-state index is 11.0. The molecule has 1 fully saturated rings. The molecule has 0 radical (unpaired) electrons. The molecule has 0 aromatic carbocycles. The Balaban J connectivity index is 2.64. The predicted octanol–water partition coefficient (Wildman–Crippen LogP) is -0.715. The highest BCUT2D eigenvalue weighted by molar-refractivity contribution is 7.88. The van der Waals surface area contributed by atoms with Crippen LogP contribution in [0, 0.1) is 5.92 Å². The van der Waals surface area contributed by atoms with Crippen molar-refractivity contribution in [3.05, 3.63) is 0 Å². The Hall–Kier alpha value is -0.170. The van der Waals surface area contributed by atoms with Gasteiger partial charge in [-0.05, 0) is 26.8 Å². The largest absolute Gasteiger partial charge is 0.390 e. The third-order valence-corrected chi connectivity index (χ3v) is 3.76. The van der Waals surface area contributed by atoms with Crippen LogP contribution in [0.4, 0.5) is 0 Å². The average Bonchev–Trinajstić information content (AvgIpc) is 1.99. The molecule has 0 aromatic rings. The molecule has 1 aliphatic heterocycles. The van der Waals surface area contributed by atoms with E-state index >= 15 is 0 Å². The van der Waals surface area contributed by atoms with E-state index in [0.29, 0.717) is 6.42 Å². The SMILES string of the molecule is CC1NCCC(C)(O)C1CNS(C)(=O)=O. The molecule has 0 bridgehead atoms. The maximum absolute atomic E-state index is 11.0. The number of nitrogens with one attached hydrogen (secondary N) is 2. The fourth-order valence-corrected chi connectivity index (χ4v) is 2.54. The van der Waals surface area contributed by atoms with E-state index in [9.17, 15) is 13.5 Å². The van der Waals surface area contributed by atoms with Crippen LogP contribution in [-0.4, -0.2) is 44.5 Å². The maximum Gasteiger partial charge on any atom is 0.208 e. The van der Waals surface area contributed by atoms with E-state index in [4.69, 9.17) is 0 Å². The van der Waals surface area contributed by atoms with Crippen molar-refractivity contribution in [1.82, 2.24) is 10.0 Å². The second kappa shape index (κ2) is 4.37. The summed E-state index contributed by atoms with van der Waals surface area (Å²) in [4.78, 5) is 0. The lowest BCUT2D eigenvalue weighted by Gasteiger charge is -2.42. The van der Waals surface area contributed by atoms with Gasteiger partial charge >= 0.3 is 0 Å². The number of rotatable bonds is 3. The zero-order valence-electron chi connectivity index (χ0n) is 9.45. The second-order valence-corrected chi connectivity index (χ2v) is 6.41. The summed E-state index contributed by atoms with van der Waals surface area (Å²) in [5.41, 5.74) is -0.803. The first-order chi connectivity index (χ1) is 6.72. The Morgan fingerprint density at radius 1 is 1.60 bits per heavy atom. The molecule has 6 heteroatoms. The minimum atomic E-state index is -3.19. The Morgan fingerprint density at radius 3 is 2.67 bits per heavy atom. The van der Waals surface area contributed by atoms with Crippen molar-refractivity contribution >= 4 is 10.0 Å². The number of hydrogen-bond acceptors (Lipinski definition) is 4. The predicted molar refractivity (Wildman–Crippen MR) is 59.0 cm³/mol. The third-order valence-electron chi connectivity index (χ3n) is 3.07. The van der Waals surface area contributed by atoms with Crippen molar-refractivity contribution in [2.75, 3.05) is 19.3 Å². The smallest absolute Gasteiger partial charge is 0.208 e. The van der Waals surface area contributed by atoms with Crippen LogP contribution in [0.2, 0.25) is 0 Å². The zero-order valence-corrected chi connectivity index (χ0v) is 10.3. The van der Waals surface area contributed by atoms with Crippen molar-refractivity contribution in [2.45, 2.75) is 31.9 Å². The van der Waals surface area contributed by atoms with E-state index in [-0.39, 0.29) is 18.5 Å². The molecular formula is C9H20N2O3S. The van der Waals surface area contributed by atoms with Crippen LogP contribution < -0.4 is 10.0 Å². The van der Waals surface area contributed by atoms with Crippen molar-refractivity contribution in [3.8, 4) is 0 Å². The van der Waals surface area contributed by atoms with E-state index in [2.05, 4.69) is 10.0 Å². The lowest BCUT2D eigenvalue weighted by molar-refractivity contribution is -0.0378. The van der Waals surface area contributed by atoms with E-state index in [1.165, 1.54) is 0 Å². The fraction of sp³-hybridized carbons (Fsp3) is 1.00. The molecule has 0 saturated carbocycles. The lowest BCUT2D eigenvalue weighted by Crippen LogP contribution is -2.57. The molecule has 3 unspecified atom stereocenters. The van der Waals surface area contributed by atoms with Crippen LogP contribution in [0.1, 0.15) is 20.3 Å². The number of aliphatic hydroxyl groups is 1. The minimum absolute atomic E-state index is 0.0963. The first-order valence-corrected chi connectivity index (χ1v) is 7.02. The van der Waals surface area contributed by atoms with Gasteiger partial charge < -0.3 is 10.4 Å². The molecule has 1 heterocycles. The molecule has 0 amide bonds. The van der Waals surface area contributed by atoms with E-state index in [0.717, 1.165) is 12.8 Å². The molecular weight excluding hydrogens is 216 g/mol. The first kappa shape index (κ1) is 12.9. The number of piperidine rings is 1. The highest BCUT2D eigenvalue weighted by atomic mass is 32.2. The third kappa shape index (κ3) is 3.71. The van der Waals surface area contributed by atoms with Gasteiger partial charge in [0, 0.05) is 18.5 Å². The van der Waals surface area contributed by atoms with Crippen LogP contribution >= 0.6 is 0 Å². The Morgan fingerprint density at radius 2 is 2.20 bits per heavy atom. The average molecular weight is 236 g/mol. The standard InChI is InChI=1S/C9H20N2O3S/c1-7-8(6-11-15(3,13)14)9(2,12)4-5-10-7/h7-8,10-12H,4-6H2,1-3H3. The summed E-state index contributed by atoms with van der Waals surface area (Å²) in [5.74, 6) is -0.0963. The summed E-state index contributed by atoms with van der Waals surface area (Å²) in [6.45, 7) is 4.77. The van der Waals surface area contributed by atoms with Gasteiger partial charge in [-0.3, -0.25) is 0 Å². The van der Waals surface area contributed by atoms with Crippen LogP contribution in [0.25, 0.3) is 0 Å². The highest BCUT2D eigenvalue weighted by Crippen LogP contribution is 2.27. The van der Waals surface area contributed by atoms with E-state index < -0.39 is 15.6 Å². The lowest BCUT2D eigenvalue weighted by atomic mass is 9.79. The molecule has 15 heavy (non-hydrogen) atoms. The number of sulfonamides is 1.